The average Bonchev–Trinajstić information content (AvgIpc) is 2.72. The van der Waals surface area contributed by atoms with Gasteiger partial charge in [-0.25, -0.2) is 4.39 Å². The van der Waals surface area contributed by atoms with E-state index in [9.17, 15) is 45.6 Å². The fourth-order valence-corrected chi connectivity index (χ4v) is 3.66. The van der Waals surface area contributed by atoms with E-state index in [1.807, 2.05) is 0 Å². The van der Waals surface area contributed by atoms with Gasteiger partial charge in [0, 0.05) is 11.3 Å². The first-order valence-corrected chi connectivity index (χ1v) is 9.96. The standard InChI is InChI=1S/C22H17ClF7N3O2/c1-11-9-12(20(24,21(25,26)27)22(28,29)30)7-8-15(11)33(19(2,3)10-31)18(35)13-5-4-6-14(23)16(13)17(32)34/h4-9H,1-3H3,(H2,32,34). The summed E-state index contributed by atoms with van der Waals surface area (Å²) in [5, 5.41) is 9.42. The van der Waals surface area contributed by atoms with Gasteiger partial charge < -0.3 is 5.73 Å². The molecule has 0 bridgehead atoms. The monoisotopic (exact) mass is 523 g/mol. The van der Waals surface area contributed by atoms with Gasteiger partial charge in [-0.05, 0) is 44.5 Å². The fraction of sp³-hybridized carbons (Fsp3) is 0.318. The van der Waals surface area contributed by atoms with Gasteiger partial charge in [0.05, 0.1) is 22.2 Å². The van der Waals surface area contributed by atoms with E-state index < -0.39 is 52.1 Å². The molecule has 0 heterocycles. The topological polar surface area (TPSA) is 87.2 Å². The lowest BCUT2D eigenvalue weighted by atomic mass is 9.91. The number of primary amides is 1. The quantitative estimate of drug-likeness (QED) is 0.489. The molecule has 0 atom stereocenters. The van der Waals surface area contributed by atoms with Crippen LogP contribution in [0.25, 0.3) is 0 Å². The van der Waals surface area contributed by atoms with Gasteiger partial charge in [0.1, 0.15) is 5.54 Å². The normalized spacial score (nSPS) is 12.7. The van der Waals surface area contributed by atoms with Crippen LogP contribution in [0.4, 0.5) is 36.4 Å². The third-order valence-corrected chi connectivity index (χ3v) is 5.46. The molecule has 13 heteroatoms. The lowest BCUT2D eigenvalue weighted by molar-refractivity contribution is -0.348. The molecule has 0 aliphatic carbocycles. The van der Waals surface area contributed by atoms with Crippen molar-refractivity contribution >= 4 is 29.1 Å². The largest absolute Gasteiger partial charge is 0.435 e. The maximum absolute atomic E-state index is 14.5. The molecule has 0 saturated heterocycles. The van der Waals surface area contributed by atoms with Crippen LogP contribution in [0.5, 0.6) is 0 Å². The van der Waals surface area contributed by atoms with Gasteiger partial charge in [0.25, 0.3) is 11.8 Å². The number of carbonyl (C=O) groups is 2. The van der Waals surface area contributed by atoms with Crippen molar-refractivity contribution in [1.82, 2.24) is 0 Å². The van der Waals surface area contributed by atoms with Gasteiger partial charge in [-0.2, -0.15) is 31.6 Å². The summed E-state index contributed by atoms with van der Waals surface area (Å²) in [5.41, 5.74) is -5.39. The molecule has 0 aliphatic rings. The number of rotatable bonds is 5. The molecule has 0 spiro atoms. The Hall–Kier alpha value is -3.33. The van der Waals surface area contributed by atoms with E-state index in [0.717, 1.165) is 17.9 Å². The van der Waals surface area contributed by atoms with Crippen LogP contribution in [0.15, 0.2) is 36.4 Å². The zero-order chi connectivity index (χ0) is 27.1. The predicted octanol–water partition coefficient (Wildman–Crippen LogP) is 5.99. The number of hydrogen-bond donors (Lipinski definition) is 1. The van der Waals surface area contributed by atoms with Crippen molar-refractivity contribution in [3.05, 3.63) is 63.7 Å². The summed E-state index contributed by atoms with van der Waals surface area (Å²) in [6.07, 6.45) is -12.7. The molecular formula is C22H17ClF7N3O2. The molecule has 0 aromatic heterocycles. The molecule has 0 fully saturated rings. The number of nitrogens with zero attached hydrogens (tertiary/aromatic N) is 2. The molecule has 0 radical (unpaired) electrons. The predicted molar refractivity (Wildman–Crippen MR) is 113 cm³/mol. The maximum atomic E-state index is 14.5. The van der Waals surface area contributed by atoms with E-state index in [1.165, 1.54) is 26.0 Å². The molecule has 0 saturated carbocycles. The Morgan fingerprint density at radius 2 is 1.54 bits per heavy atom. The van der Waals surface area contributed by atoms with Crippen molar-refractivity contribution in [3.63, 3.8) is 0 Å². The summed E-state index contributed by atoms with van der Waals surface area (Å²) in [7, 11) is 0. The highest BCUT2D eigenvalue weighted by atomic mass is 35.5. The Balaban J connectivity index is 2.80. The molecule has 2 aromatic rings. The second-order valence-electron chi connectivity index (χ2n) is 7.99. The van der Waals surface area contributed by atoms with Crippen LogP contribution >= 0.6 is 11.6 Å². The number of benzene rings is 2. The molecule has 2 aromatic carbocycles. The first-order chi connectivity index (χ1) is 15.8. The molecular weight excluding hydrogens is 507 g/mol. The Morgan fingerprint density at radius 3 is 1.97 bits per heavy atom. The van der Waals surface area contributed by atoms with E-state index in [0.29, 0.717) is 6.07 Å². The lowest BCUT2D eigenvalue weighted by Gasteiger charge is -2.36. The zero-order valence-corrected chi connectivity index (χ0v) is 19.0. The minimum Gasteiger partial charge on any atom is -0.366 e. The van der Waals surface area contributed by atoms with E-state index in [1.54, 1.807) is 6.07 Å². The van der Waals surface area contributed by atoms with Crippen molar-refractivity contribution < 1.29 is 40.3 Å². The van der Waals surface area contributed by atoms with E-state index in [2.05, 4.69) is 0 Å². The van der Waals surface area contributed by atoms with Crippen molar-refractivity contribution in [2.45, 2.75) is 44.3 Å². The Bertz CT molecular complexity index is 1200. The van der Waals surface area contributed by atoms with E-state index in [4.69, 9.17) is 17.3 Å². The van der Waals surface area contributed by atoms with Gasteiger partial charge in [0.2, 0.25) is 0 Å². The smallest absolute Gasteiger partial charge is 0.366 e. The number of carbonyl (C=O) groups excluding carboxylic acids is 2. The highest BCUT2D eigenvalue weighted by molar-refractivity contribution is 6.35. The molecule has 0 aliphatic heterocycles. The number of hydrogen-bond acceptors (Lipinski definition) is 3. The minimum absolute atomic E-state index is 0.206. The number of anilines is 1. The van der Waals surface area contributed by atoms with Crippen LogP contribution in [-0.2, 0) is 5.67 Å². The van der Waals surface area contributed by atoms with Gasteiger partial charge in [-0.3, -0.25) is 14.5 Å². The first kappa shape index (κ1) is 27.9. The Kier molecular flexibility index (Phi) is 7.20. The SMILES string of the molecule is Cc1cc(C(F)(C(F)(F)F)C(F)(F)F)ccc1N(C(=O)c1cccc(Cl)c1C(N)=O)C(C)(C)C#N. The summed E-state index contributed by atoms with van der Waals surface area (Å²) in [5.74, 6) is -2.15. The van der Waals surface area contributed by atoms with Crippen molar-refractivity contribution in [2.75, 3.05) is 4.90 Å². The molecule has 2 N–H and O–H groups in total. The van der Waals surface area contributed by atoms with Crippen molar-refractivity contribution in [1.29, 1.82) is 5.26 Å². The fourth-order valence-electron chi connectivity index (χ4n) is 3.40. The molecule has 35 heavy (non-hydrogen) atoms. The van der Waals surface area contributed by atoms with Crippen LogP contribution in [0, 0.1) is 18.3 Å². The lowest BCUT2D eigenvalue weighted by Crippen LogP contribution is -2.50. The number of amides is 2. The van der Waals surface area contributed by atoms with Crippen LogP contribution in [0.1, 0.15) is 45.7 Å². The average molecular weight is 524 g/mol. The van der Waals surface area contributed by atoms with Crippen LogP contribution in [0.2, 0.25) is 5.02 Å². The molecule has 2 rings (SSSR count). The number of nitriles is 1. The number of nitrogens with two attached hydrogens (primary N) is 1. The van der Waals surface area contributed by atoms with Crippen LogP contribution < -0.4 is 10.6 Å². The maximum Gasteiger partial charge on any atom is 0.435 e. The number of aryl methyl sites for hydroxylation is 1. The zero-order valence-electron chi connectivity index (χ0n) is 18.3. The molecule has 5 nitrogen and oxygen atoms in total. The van der Waals surface area contributed by atoms with Gasteiger partial charge in [-0.15, -0.1) is 0 Å². The second kappa shape index (κ2) is 9.03. The summed E-state index contributed by atoms with van der Waals surface area (Å²) in [4.78, 5) is 26.1. The summed E-state index contributed by atoms with van der Waals surface area (Å²) in [6.45, 7) is 3.50. The summed E-state index contributed by atoms with van der Waals surface area (Å²) < 4.78 is 93.5. The third-order valence-electron chi connectivity index (χ3n) is 5.14. The van der Waals surface area contributed by atoms with Gasteiger partial charge >= 0.3 is 18.0 Å². The molecule has 0 unspecified atom stereocenters. The minimum atomic E-state index is -6.34. The number of halogens is 8. The van der Waals surface area contributed by atoms with E-state index in [-0.39, 0.29) is 28.4 Å². The van der Waals surface area contributed by atoms with Crippen LogP contribution in [0.3, 0.4) is 0 Å². The van der Waals surface area contributed by atoms with Gasteiger partial charge in [-0.1, -0.05) is 29.8 Å². The molecule has 188 valence electrons. The van der Waals surface area contributed by atoms with Crippen molar-refractivity contribution in [3.8, 4) is 6.07 Å². The van der Waals surface area contributed by atoms with Gasteiger partial charge in [0.15, 0.2) is 0 Å². The Morgan fingerprint density at radius 1 is 1.00 bits per heavy atom. The summed E-state index contributed by atoms with van der Waals surface area (Å²) in [6, 6.07) is 6.67. The highest BCUT2D eigenvalue weighted by Crippen LogP contribution is 2.53. The first-order valence-electron chi connectivity index (χ1n) is 9.59. The Labute approximate surface area is 199 Å². The number of alkyl halides is 7. The highest BCUT2D eigenvalue weighted by Gasteiger charge is 2.73. The van der Waals surface area contributed by atoms with Crippen molar-refractivity contribution in [2.24, 2.45) is 5.73 Å². The summed E-state index contributed by atoms with van der Waals surface area (Å²) >= 11 is 5.96. The third kappa shape index (κ3) is 4.77. The second-order valence-corrected chi connectivity index (χ2v) is 8.40. The van der Waals surface area contributed by atoms with Crippen LogP contribution in [-0.4, -0.2) is 29.7 Å². The van der Waals surface area contributed by atoms with E-state index >= 15 is 0 Å². The molecule has 2 amide bonds.